The van der Waals surface area contributed by atoms with Gasteiger partial charge >= 0.3 is 0 Å². The van der Waals surface area contributed by atoms with Crippen LogP contribution >= 0.6 is 0 Å². The van der Waals surface area contributed by atoms with E-state index in [-0.39, 0.29) is 5.91 Å². The molecule has 0 unspecified atom stereocenters. The second-order valence-electron chi connectivity index (χ2n) is 6.22. The molecule has 0 atom stereocenters. The van der Waals surface area contributed by atoms with Gasteiger partial charge in [0.25, 0.3) is 0 Å². The summed E-state index contributed by atoms with van der Waals surface area (Å²) in [4.78, 5) is 20.1. The molecular weight excluding hydrogens is 316 g/mol. The Morgan fingerprint density at radius 1 is 1.24 bits per heavy atom. The van der Waals surface area contributed by atoms with E-state index in [1.807, 2.05) is 4.90 Å². The molecule has 7 nitrogen and oxygen atoms in total. The Morgan fingerprint density at radius 2 is 2.00 bits per heavy atom. The van der Waals surface area contributed by atoms with Crippen molar-refractivity contribution in [3.05, 3.63) is 35.5 Å². The third-order valence-corrected chi connectivity index (χ3v) is 4.57. The van der Waals surface area contributed by atoms with Gasteiger partial charge in [-0.25, -0.2) is 0 Å². The van der Waals surface area contributed by atoms with E-state index < -0.39 is 0 Å². The van der Waals surface area contributed by atoms with Gasteiger partial charge in [-0.1, -0.05) is 25.1 Å². The van der Waals surface area contributed by atoms with E-state index in [2.05, 4.69) is 57.4 Å². The molecule has 1 aliphatic heterocycles. The normalized spacial score (nSPS) is 14.5. The smallest absolute Gasteiger partial charge is 0.249 e. The standard InChI is InChI=1S/C18H24N6O/c1-4-15-7-5-6-13(2)17(15)21-18-20-16(12-19-22-18)24-10-8-23(9-11-24)14(3)25/h5-7,12H,4,8-11H2,1-3H3,(H,20,21,22). The van der Waals surface area contributed by atoms with Gasteiger partial charge in [0, 0.05) is 38.8 Å². The zero-order valence-electron chi connectivity index (χ0n) is 15.0. The van der Waals surface area contributed by atoms with Crippen LogP contribution in [-0.2, 0) is 11.2 Å². The molecule has 0 radical (unpaired) electrons. The maximum atomic E-state index is 11.5. The summed E-state index contributed by atoms with van der Waals surface area (Å²) >= 11 is 0. The molecule has 0 aliphatic carbocycles. The fourth-order valence-corrected chi connectivity index (χ4v) is 3.06. The molecule has 0 saturated carbocycles. The van der Waals surface area contributed by atoms with Crippen LogP contribution in [0.5, 0.6) is 0 Å². The maximum Gasteiger partial charge on any atom is 0.249 e. The summed E-state index contributed by atoms with van der Waals surface area (Å²) in [6.07, 6.45) is 2.61. The van der Waals surface area contributed by atoms with E-state index in [0.29, 0.717) is 19.0 Å². The highest BCUT2D eigenvalue weighted by atomic mass is 16.2. The van der Waals surface area contributed by atoms with Crippen LogP contribution in [0.3, 0.4) is 0 Å². The average molecular weight is 340 g/mol. The molecule has 132 valence electrons. The Hall–Kier alpha value is -2.70. The third-order valence-electron chi connectivity index (χ3n) is 4.57. The number of carbonyl (C=O) groups excluding carboxylic acids is 1. The average Bonchev–Trinajstić information content (AvgIpc) is 2.63. The zero-order chi connectivity index (χ0) is 17.8. The third kappa shape index (κ3) is 3.87. The molecule has 1 aromatic carbocycles. The molecule has 1 aliphatic rings. The Labute approximate surface area is 148 Å². The number of anilines is 3. The van der Waals surface area contributed by atoms with Crippen molar-refractivity contribution >= 4 is 23.4 Å². The number of aromatic nitrogens is 3. The first kappa shape index (κ1) is 17.1. The molecule has 2 aromatic rings. The van der Waals surface area contributed by atoms with Gasteiger partial charge in [-0.15, -0.1) is 5.10 Å². The summed E-state index contributed by atoms with van der Waals surface area (Å²) in [5, 5.41) is 11.5. The van der Waals surface area contributed by atoms with Crippen molar-refractivity contribution in [3.8, 4) is 0 Å². The molecule has 7 heteroatoms. The number of piperazine rings is 1. The molecule has 1 saturated heterocycles. The van der Waals surface area contributed by atoms with Gasteiger partial charge in [0.2, 0.25) is 11.9 Å². The fourth-order valence-electron chi connectivity index (χ4n) is 3.06. The molecule has 0 bridgehead atoms. The second kappa shape index (κ2) is 7.46. The summed E-state index contributed by atoms with van der Waals surface area (Å²) in [6.45, 7) is 8.73. The second-order valence-corrected chi connectivity index (χ2v) is 6.22. The number of amides is 1. The minimum atomic E-state index is 0.120. The Balaban J connectivity index is 1.76. The van der Waals surface area contributed by atoms with Crippen LogP contribution in [0.4, 0.5) is 17.5 Å². The van der Waals surface area contributed by atoms with Gasteiger partial charge in [0.05, 0.1) is 6.20 Å². The summed E-state index contributed by atoms with van der Waals surface area (Å²) in [6, 6.07) is 6.23. The van der Waals surface area contributed by atoms with E-state index in [1.54, 1.807) is 13.1 Å². The first-order valence-corrected chi connectivity index (χ1v) is 8.64. The fraction of sp³-hybridized carbons (Fsp3) is 0.444. The van der Waals surface area contributed by atoms with E-state index >= 15 is 0 Å². The summed E-state index contributed by atoms with van der Waals surface area (Å²) in [5.74, 6) is 1.40. The van der Waals surface area contributed by atoms with Gasteiger partial charge in [0.15, 0.2) is 5.82 Å². The van der Waals surface area contributed by atoms with Crippen LogP contribution in [0.15, 0.2) is 24.4 Å². The van der Waals surface area contributed by atoms with Gasteiger partial charge < -0.3 is 15.1 Å². The predicted octanol–water partition coefficient (Wildman–Crippen LogP) is 2.15. The van der Waals surface area contributed by atoms with Gasteiger partial charge in [-0.05, 0) is 24.5 Å². The maximum absolute atomic E-state index is 11.5. The van der Waals surface area contributed by atoms with Crippen LogP contribution in [0.1, 0.15) is 25.0 Å². The van der Waals surface area contributed by atoms with Crippen LogP contribution in [0.25, 0.3) is 0 Å². The number of hydrogen-bond acceptors (Lipinski definition) is 6. The molecule has 3 rings (SSSR count). The molecule has 2 heterocycles. The van der Waals surface area contributed by atoms with Crippen molar-refractivity contribution in [3.63, 3.8) is 0 Å². The number of rotatable bonds is 4. The number of nitrogens with zero attached hydrogens (tertiary/aromatic N) is 5. The van der Waals surface area contributed by atoms with Gasteiger partial charge in [0.1, 0.15) is 0 Å². The lowest BCUT2D eigenvalue weighted by Gasteiger charge is -2.34. The molecule has 0 spiro atoms. The number of para-hydroxylation sites is 1. The summed E-state index contributed by atoms with van der Waals surface area (Å²) in [5.41, 5.74) is 3.43. The highest BCUT2D eigenvalue weighted by Crippen LogP contribution is 2.24. The number of benzene rings is 1. The Bertz CT molecular complexity index is 755. The first-order valence-electron chi connectivity index (χ1n) is 8.64. The Morgan fingerprint density at radius 3 is 2.68 bits per heavy atom. The lowest BCUT2D eigenvalue weighted by Crippen LogP contribution is -2.48. The van der Waals surface area contributed by atoms with Crippen molar-refractivity contribution < 1.29 is 4.79 Å². The number of hydrogen-bond donors (Lipinski definition) is 1. The topological polar surface area (TPSA) is 74.2 Å². The molecule has 1 aromatic heterocycles. The quantitative estimate of drug-likeness (QED) is 0.919. The van der Waals surface area contributed by atoms with E-state index in [0.717, 1.165) is 36.6 Å². The summed E-state index contributed by atoms with van der Waals surface area (Å²) < 4.78 is 0. The minimum absolute atomic E-state index is 0.120. The zero-order valence-corrected chi connectivity index (χ0v) is 15.0. The van der Waals surface area contributed by atoms with Crippen LogP contribution in [-0.4, -0.2) is 52.2 Å². The van der Waals surface area contributed by atoms with Crippen molar-refractivity contribution in [2.24, 2.45) is 0 Å². The summed E-state index contributed by atoms with van der Waals surface area (Å²) in [7, 11) is 0. The van der Waals surface area contributed by atoms with Crippen LogP contribution in [0.2, 0.25) is 0 Å². The van der Waals surface area contributed by atoms with Gasteiger partial charge in [-0.2, -0.15) is 10.1 Å². The first-order chi connectivity index (χ1) is 12.1. The van der Waals surface area contributed by atoms with E-state index in [9.17, 15) is 4.79 Å². The van der Waals surface area contributed by atoms with E-state index in [1.165, 1.54) is 5.56 Å². The van der Waals surface area contributed by atoms with E-state index in [4.69, 9.17) is 0 Å². The SMILES string of the molecule is CCc1cccc(C)c1Nc1nncc(N2CCN(C(C)=O)CC2)n1. The molecule has 1 amide bonds. The molecule has 25 heavy (non-hydrogen) atoms. The lowest BCUT2D eigenvalue weighted by molar-refractivity contribution is -0.129. The molecule has 1 N–H and O–H groups in total. The molecular formula is C18H24N6O. The minimum Gasteiger partial charge on any atom is -0.352 e. The highest BCUT2D eigenvalue weighted by Gasteiger charge is 2.20. The Kier molecular flexibility index (Phi) is 5.11. The van der Waals surface area contributed by atoms with Crippen molar-refractivity contribution in [2.45, 2.75) is 27.2 Å². The van der Waals surface area contributed by atoms with Gasteiger partial charge in [-0.3, -0.25) is 4.79 Å². The van der Waals surface area contributed by atoms with Crippen molar-refractivity contribution in [2.75, 3.05) is 36.4 Å². The number of carbonyl (C=O) groups is 1. The lowest BCUT2D eigenvalue weighted by atomic mass is 10.1. The number of nitrogens with one attached hydrogen (secondary N) is 1. The van der Waals surface area contributed by atoms with Crippen molar-refractivity contribution in [1.29, 1.82) is 0 Å². The number of aryl methyl sites for hydroxylation is 2. The van der Waals surface area contributed by atoms with Crippen LogP contribution < -0.4 is 10.2 Å². The predicted molar refractivity (Wildman–Crippen MR) is 98.1 cm³/mol. The van der Waals surface area contributed by atoms with Crippen molar-refractivity contribution in [1.82, 2.24) is 20.1 Å². The monoisotopic (exact) mass is 340 g/mol. The largest absolute Gasteiger partial charge is 0.352 e. The highest BCUT2D eigenvalue weighted by molar-refractivity contribution is 5.73. The molecule has 1 fully saturated rings. The van der Waals surface area contributed by atoms with Crippen LogP contribution in [0, 0.1) is 6.92 Å².